The molecule has 0 heterocycles. The highest BCUT2D eigenvalue weighted by molar-refractivity contribution is 6.31. The zero-order valence-corrected chi connectivity index (χ0v) is 12.6. The predicted octanol–water partition coefficient (Wildman–Crippen LogP) is 3.28. The smallest absolute Gasteiger partial charge is 0.220 e. The topological polar surface area (TPSA) is 55.1 Å². The Bertz CT molecular complexity index is 418. The van der Waals surface area contributed by atoms with Gasteiger partial charge in [-0.25, -0.2) is 0 Å². The molecule has 0 aromatic heterocycles. The Balaban J connectivity index is 2.74. The van der Waals surface area contributed by atoms with Crippen molar-refractivity contribution < 1.29 is 4.79 Å². The minimum atomic E-state index is -0.0609. The predicted molar refractivity (Wildman–Crippen MR) is 80.1 cm³/mol. The number of amides is 1. The van der Waals surface area contributed by atoms with Crippen LogP contribution in [0.5, 0.6) is 0 Å². The van der Waals surface area contributed by atoms with E-state index in [1.165, 1.54) is 0 Å². The summed E-state index contributed by atoms with van der Waals surface area (Å²) in [4.78, 5) is 11.9. The van der Waals surface area contributed by atoms with Gasteiger partial charge in [-0.05, 0) is 30.9 Å². The highest BCUT2D eigenvalue weighted by Crippen LogP contribution is 2.28. The molecular weight excluding hydrogens is 260 g/mol. The maximum absolute atomic E-state index is 11.9. The summed E-state index contributed by atoms with van der Waals surface area (Å²) < 4.78 is 0. The van der Waals surface area contributed by atoms with Crippen LogP contribution < -0.4 is 11.1 Å². The van der Waals surface area contributed by atoms with Crippen molar-refractivity contribution in [1.82, 2.24) is 5.32 Å². The summed E-state index contributed by atoms with van der Waals surface area (Å²) >= 11 is 6.20. The van der Waals surface area contributed by atoms with Crippen molar-refractivity contribution in [3.8, 4) is 0 Å². The first-order valence-electron chi connectivity index (χ1n) is 6.71. The zero-order valence-electron chi connectivity index (χ0n) is 11.8. The lowest BCUT2D eigenvalue weighted by Crippen LogP contribution is -2.32. The van der Waals surface area contributed by atoms with Gasteiger partial charge in [0.2, 0.25) is 5.91 Å². The van der Waals surface area contributed by atoms with Crippen LogP contribution in [0.25, 0.3) is 0 Å². The third kappa shape index (κ3) is 5.21. The van der Waals surface area contributed by atoms with Crippen molar-refractivity contribution in [3.63, 3.8) is 0 Å². The number of carbonyl (C=O) groups is 1. The largest absolute Gasteiger partial charge is 0.349 e. The van der Waals surface area contributed by atoms with Gasteiger partial charge in [-0.3, -0.25) is 4.79 Å². The molecule has 0 spiro atoms. The van der Waals surface area contributed by atoms with E-state index in [1.54, 1.807) is 0 Å². The van der Waals surface area contributed by atoms with E-state index >= 15 is 0 Å². The summed E-state index contributed by atoms with van der Waals surface area (Å²) in [5.74, 6) is 0.301. The number of hydrogen-bond donors (Lipinski definition) is 2. The average molecular weight is 283 g/mol. The number of nitrogens with one attached hydrogen (secondary N) is 1. The Labute approximate surface area is 120 Å². The maximum atomic E-state index is 11.9. The second-order valence-corrected chi connectivity index (χ2v) is 5.73. The molecule has 2 unspecified atom stereocenters. The molecule has 0 aliphatic rings. The number of nitrogens with two attached hydrogens (primary N) is 1. The van der Waals surface area contributed by atoms with Crippen molar-refractivity contribution >= 4 is 17.5 Å². The first-order chi connectivity index (χ1) is 8.91. The van der Waals surface area contributed by atoms with Gasteiger partial charge in [0.15, 0.2) is 0 Å². The van der Waals surface area contributed by atoms with Crippen molar-refractivity contribution in [3.05, 3.63) is 34.9 Å². The minimum Gasteiger partial charge on any atom is -0.349 e. The summed E-state index contributed by atoms with van der Waals surface area (Å²) in [6, 6.07) is 7.61. The lowest BCUT2D eigenvalue weighted by molar-refractivity contribution is -0.122. The molecule has 0 aliphatic heterocycles. The summed E-state index contributed by atoms with van der Waals surface area (Å²) in [7, 11) is 0. The summed E-state index contributed by atoms with van der Waals surface area (Å²) in [5, 5.41) is 3.74. The van der Waals surface area contributed by atoms with Crippen LogP contribution in [0.3, 0.4) is 0 Å². The van der Waals surface area contributed by atoms with E-state index in [0.717, 1.165) is 5.56 Å². The van der Waals surface area contributed by atoms with E-state index in [-0.39, 0.29) is 23.9 Å². The first-order valence-corrected chi connectivity index (χ1v) is 7.09. The van der Waals surface area contributed by atoms with Crippen molar-refractivity contribution in [1.29, 1.82) is 0 Å². The van der Waals surface area contributed by atoms with Crippen LogP contribution >= 0.6 is 11.6 Å². The van der Waals surface area contributed by atoms with E-state index in [0.29, 0.717) is 17.9 Å². The number of benzene rings is 1. The summed E-state index contributed by atoms with van der Waals surface area (Å²) in [6.45, 7) is 6.04. The maximum Gasteiger partial charge on any atom is 0.220 e. The summed E-state index contributed by atoms with van der Waals surface area (Å²) in [6.07, 6.45) is 1.14. The lowest BCUT2D eigenvalue weighted by Gasteiger charge is -2.24. The molecule has 1 rings (SSSR count). The summed E-state index contributed by atoms with van der Waals surface area (Å²) in [5.41, 5.74) is 6.63. The van der Waals surface area contributed by atoms with E-state index in [2.05, 4.69) is 19.2 Å². The first kappa shape index (κ1) is 16.0. The normalized spacial score (nSPS) is 14.2. The van der Waals surface area contributed by atoms with Gasteiger partial charge in [0.05, 0.1) is 6.04 Å². The van der Waals surface area contributed by atoms with Crippen LogP contribution in [0.4, 0.5) is 0 Å². The number of carbonyl (C=O) groups excluding carboxylic acids is 1. The third-order valence-corrected chi connectivity index (χ3v) is 3.39. The Morgan fingerprint density at radius 2 is 1.95 bits per heavy atom. The number of halogens is 1. The third-order valence-electron chi connectivity index (χ3n) is 3.05. The average Bonchev–Trinajstić information content (AvgIpc) is 2.34. The molecule has 3 nitrogen and oxygen atoms in total. The molecule has 2 atom stereocenters. The molecule has 1 aromatic carbocycles. The van der Waals surface area contributed by atoms with E-state index in [9.17, 15) is 4.79 Å². The van der Waals surface area contributed by atoms with Crippen LogP contribution in [-0.2, 0) is 4.79 Å². The van der Waals surface area contributed by atoms with E-state index in [1.807, 2.05) is 31.2 Å². The molecule has 0 aliphatic carbocycles. The quantitative estimate of drug-likeness (QED) is 0.841. The number of hydrogen-bond acceptors (Lipinski definition) is 2. The molecule has 19 heavy (non-hydrogen) atoms. The monoisotopic (exact) mass is 282 g/mol. The molecule has 1 amide bonds. The molecule has 4 heteroatoms. The molecular formula is C15H23ClN2O. The molecule has 0 saturated heterocycles. The Kier molecular flexibility index (Phi) is 6.32. The molecule has 0 saturated carbocycles. The van der Waals surface area contributed by atoms with Gasteiger partial charge in [0, 0.05) is 17.5 Å². The van der Waals surface area contributed by atoms with E-state index in [4.69, 9.17) is 17.3 Å². The Morgan fingerprint density at radius 1 is 1.32 bits per heavy atom. The van der Waals surface area contributed by atoms with Crippen molar-refractivity contribution in [2.24, 2.45) is 11.7 Å². The fraction of sp³-hybridized carbons (Fsp3) is 0.533. The van der Waals surface area contributed by atoms with Crippen LogP contribution in [0.1, 0.15) is 45.2 Å². The van der Waals surface area contributed by atoms with Gasteiger partial charge in [-0.1, -0.05) is 43.6 Å². The SMILES string of the molecule is CC(N)CCC(=O)NC(c1ccccc1Cl)C(C)C. The van der Waals surface area contributed by atoms with Gasteiger partial charge < -0.3 is 11.1 Å². The molecule has 0 bridgehead atoms. The number of rotatable bonds is 6. The van der Waals surface area contributed by atoms with E-state index < -0.39 is 0 Å². The molecule has 1 aromatic rings. The standard InChI is InChI=1S/C15H23ClN2O/c1-10(2)15(12-6-4-5-7-13(12)16)18-14(19)9-8-11(3)17/h4-7,10-11,15H,8-9,17H2,1-3H3,(H,18,19). The molecule has 106 valence electrons. The molecule has 3 N–H and O–H groups in total. The molecule has 0 radical (unpaired) electrons. The van der Waals surface area contributed by atoms with Crippen LogP contribution in [0.2, 0.25) is 5.02 Å². The van der Waals surface area contributed by atoms with Crippen LogP contribution in [-0.4, -0.2) is 11.9 Å². The highest BCUT2D eigenvalue weighted by atomic mass is 35.5. The van der Waals surface area contributed by atoms with Gasteiger partial charge in [-0.2, -0.15) is 0 Å². The second kappa shape index (κ2) is 7.51. The molecule has 0 fully saturated rings. The van der Waals surface area contributed by atoms with Crippen LogP contribution in [0, 0.1) is 5.92 Å². The highest BCUT2D eigenvalue weighted by Gasteiger charge is 2.20. The van der Waals surface area contributed by atoms with Gasteiger partial charge in [-0.15, -0.1) is 0 Å². The van der Waals surface area contributed by atoms with Gasteiger partial charge >= 0.3 is 0 Å². The zero-order chi connectivity index (χ0) is 14.4. The lowest BCUT2D eigenvalue weighted by atomic mass is 9.95. The Morgan fingerprint density at radius 3 is 2.47 bits per heavy atom. The minimum absolute atomic E-state index is 0.0240. The fourth-order valence-corrected chi connectivity index (χ4v) is 2.19. The Hall–Kier alpha value is -1.06. The van der Waals surface area contributed by atoms with Crippen LogP contribution in [0.15, 0.2) is 24.3 Å². The van der Waals surface area contributed by atoms with Gasteiger partial charge in [0.1, 0.15) is 0 Å². The van der Waals surface area contributed by atoms with Crippen molar-refractivity contribution in [2.45, 2.75) is 45.7 Å². The second-order valence-electron chi connectivity index (χ2n) is 5.33. The fourth-order valence-electron chi connectivity index (χ4n) is 1.94. The van der Waals surface area contributed by atoms with Crippen molar-refractivity contribution in [2.75, 3.05) is 0 Å². The van der Waals surface area contributed by atoms with Gasteiger partial charge in [0.25, 0.3) is 0 Å².